The molecule has 0 amide bonds. The molecular formula is C18H23N5O. The summed E-state index contributed by atoms with van der Waals surface area (Å²) in [5.74, 6) is 2.33. The van der Waals surface area contributed by atoms with E-state index < -0.39 is 0 Å². The fraction of sp³-hybridized carbons (Fsp3) is 0.611. The lowest BCUT2D eigenvalue weighted by Gasteiger charge is -2.24. The predicted molar refractivity (Wildman–Crippen MR) is 89.2 cm³/mol. The molecule has 1 saturated carbocycles. The highest BCUT2D eigenvalue weighted by atomic mass is 16.5. The van der Waals surface area contributed by atoms with Gasteiger partial charge in [0.2, 0.25) is 11.7 Å². The molecule has 1 saturated heterocycles. The molecule has 0 aromatic carbocycles. The van der Waals surface area contributed by atoms with Gasteiger partial charge in [0, 0.05) is 36.6 Å². The molecule has 6 nitrogen and oxygen atoms in total. The van der Waals surface area contributed by atoms with Crippen molar-refractivity contribution < 1.29 is 4.52 Å². The third kappa shape index (κ3) is 2.36. The Bertz CT molecular complexity index is 771. The van der Waals surface area contributed by atoms with E-state index in [2.05, 4.69) is 20.4 Å². The first-order valence-electron chi connectivity index (χ1n) is 9.03. The molecule has 3 aliphatic rings. The molecule has 4 heterocycles. The largest absolute Gasteiger partial charge is 0.338 e. The molecule has 1 aliphatic carbocycles. The lowest BCUT2D eigenvalue weighted by molar-refractivity contribution is 0.180. The minimum atomic E-state index is 0.707. The normalized spacial score (nSPS) is 26.0. The summed E-state index contributed by atoms with van der Waals surface area (Å²) in [5.41, 5.74) is 4.65. The van der Waals surface area contributed by atoms with Crippen LogP contribution < -0.4 is 5.32 Å². The van der Waals surface area contributed by atoms with E-state index in [0.29, 0.717) is 5.82 Å². The molecule has 2 atom stereocenters. The van der Waals surface area contributed by atoms with Crippen LogP contribution in [0.4, 0.5) is 0 Å². The molecule has 0 unspecified atom stereocenters. The summed E-state index contributed by atoms with van der Waals surface area (Å²) >= 11 is 0. The van der Waals surface area contributed by atoms with Gasteiger partial charge < -0.3 is 9.84 Å². The molecule has 126 valence electrons. The highest BCUT2D eigenvalue weighted by molar-refractivity contribution is 5.64. The van der Waals surface area contributed by atoms with Crippen LogP contribution in [0.5, 0.6) is 0 Å². The molecule has 24 heavy (non-hydrogen) atoms. The maximum atomic E-state index is 5.59. The molecule has 2 aliphatic heterocycles. The Morgan fingerprint density at radius 3 is 3.17 bits per heavy atom. The zero-order valence-corrected chi connectivity index (χ0v) is 14.1. The topological polar surface area (TPSA) is 67.1 Å². The molecular weight excluding hydrogens is 302 g/mol. The van der Waals surface area contributed by atoms with E-state index in [1.165, 1.54) is 36.9 Å². The second-order valence-electron chi connectivity index (χ2n) is 7.42. The third-order valence-electron chi connectivity index (χ3n) is 5.89. The van der Waals surface area contributed by atoms with Crippen LogP contribution in [0.2, 0.25) is 0 Å². The van der Waals surface area contributed by atoms with Crippen molar-refractivity contribution in [3.8, 4) is 11.4 Å². The molecule has 0 radical (unpaired) electrons. The first-order valence-corrected chi connectivity index (χ1v) is 9.03. The number of aromatic nitrogens is 3. The van der Waals surface area contributed by atoms with Crippen LogP contribution in [-0.2, 0) is 19.5 Å². The fourth-order valence-electron chi connectivity index (χ4n) is 4.68. The van der Waals surface area contributed by atoms with Gasteiger partial charge in [0.15, 0.2) is 0 Å². The fourth-order valence-corrected chi connectivity index (χ4v) is 4.68. The smallest absolute Gasteiger partial charge is 0.241 e. The minimum absolute atomic E-state index is 0.707. The number of rotatable bonds is 3. The number of pyridine rings is 1. The maximum Gasteiger partial charge on any atom is 0.241 e. The Balaban J connectivity index is 1.43. The Labute approximate surface area is 141 Å². The number of likely N-dealkylation sites (tertiary alicyclic amines) is 1. The van der Waals surface area contributed by atoms with E-state index >= 15 is 0 Å². The average molecular weight is 325 g/mol. The molecule has 1 N–H and O–H groups in total. The van der Waals surface area contributed by atoms with Crippen LogP contribution in [-0.4, -0.2) is 39.2 Å². The lowest BCUT2D eigenvalue weighted by Crippen LogP contribution is -2.31. The van der Waals surface area contributed by atoms with Crippen molar-refractivity contribution in [1.82, 2.24) is 25.3 Å². The first kappa shape index (κ1) is 14.5. The maximum absolute atomic E-state index is 5.59. The number of nitrogens with zero attached hydrogens (tertiary/aromatic N) is 4. The van der Waals surface area contributed by atoms with Gasteiger partial charge >= 0.3 is 0 Å². The first-order chi connectivity index (χ1) is 11.8. The van der Waals surface area contributed by atoms with Gasteiger partial charge in [-0.1, -0.05) is 5.16 Å². The molecule has 2 fully saturated rings. The van der Waals surface area contributed by atoms with Crippen molar-refractivity contribution in [2.45, 2.75) is 51.7 Å². The zero-order valence-electron chi connectivity index (χ0n) is 14.1. The standard InChI is InChI=1S/C18H23N5O/c1-11-17(15-4-5-19-7-13(15)8-20-11)18-21-16(24-22-18)10-23-9-12-2-3-14(23)6-12/h8,12,14,19H,2-7,9-10H2,1H3/t12-,14-/m0/s1. The van der Waals surface area contributed by atoms with Crippen LogP contribution in [0.1, 0.15) is 42.0 Å². The number of hydrogen-bond acceptors (Lipinski definition) is 6. The predicted octanol–water partition coefficient (Wildman–Crippen LogP) is 2.07. The summed E-state index contributed by atoms with van der Waals surface area (Å²) < 4.78 is 5.59. The van der Waals surface area contributed by atoms with Crippen LogP contribution >= 0.6 is 0 Å². The lowest BCUT2D eigenvalue weighted by atomic mass is 9.95. The molecule has 0 spiro atoms. The van der Waals surface area contributed by atoms with Crippen molar-refractivity contribution in [2.24, 2.45) is 5.92 Å². The molecule has 6 heteroatoms. The van der Waals surface area contributed by atoms with Crippen molar-refractivity contribution >= 4 is 0 Å². The molecule has 2 aromatic heterocycles. The minimum Gasteiger partial charge on any atom is -0.338 e. The SMILES string of the molecule is Cc1ncc2c(c1-c1noc(CN3C[C@H]4CC[C@H]3C4)n1)CCNC2. The van der Waals surface area contributed by atoms with Crippen molar-refractivity contribution in [2.75, 3.05) is 13.1 Å². The van der Waals surface area contributed by atoms with Gasteiger partial charge in [0.1, 0.15) is 0 Å². The Morgan fingerprint density at radius 2 is 2.33 bits per heavy atom. The second kappa shape index (κ2) is 5.63. The van der Waals surface area contributed by atoms with Crippen molar-refractivity contribution in [3.63, 3.8) is 0 Å². The van der Waals surface area contributed by atoms with E-state index in [9.17, 15) is 0 Å². The van der Waals surface area contributed by atoms with Gasteiger partial charge in [-0.3, -0.25) is 9.88 Å². The Kier molecular flexibility index (Phi) is 3.41. The van der Waals surface area contributed by atoms with E-state index in [0.717, 1.165) is 55.2 Å². The summed E-state index contributed by atoms with van der Waals surface area (Å²) in [6, 6.07) is 0.726. The molecule has 2 aromatic rings. The van der Waals surface area contributed by atoms with Crippen molar-refractivity contribution in [1.29, 1.82) is 0 Å². The summed E-state index contributed by atoms with van der Waals surface area (Å²) in [6.45, 7) is 5.88. The summed E-state index contributed by atoms with van der Waals surface area (Å²) in [4.78, 5) is 11.8. The molecule has 5 rings (SSSR count). The van der Waals surface area contributed by atoms with E-state index in [1.807, 2.05) is 13.1 Å². The number of hydrogen-bond donors (Lipinski definition) is 1. The van der Waals surface area contributed by atoms with Gasteiger partial charge in [0.05, 0.1) is 6.54 Å². The summed E-state index contributed by atoms with van der Waals surface area (Å²) in [7, 11) is 0. The van der Waals surface area contributed by atoms with Crippen LogP contribution in [0.25, 0.3) is 11.4 Å². The Morgan fingerprint density at radius 1 is 1.38 bits per heavy atom. The van der Waals surface area contributed by atoms with Crippen LogP contribution in [0, 0.1) is 12.8 Å². The number of aryl methyl sites for hydroxylation is 1. The van der Waals surface area contributed by atoms with E-state index in [1.54, 1.807) is 0 Å². The van der Waals surface area contributed by atoms with Gasteiger partial charge in [-0.2, -0.15) is 4.98 Å². The van der Waals surface area contributed by atoms with E-state index in [4.69, 9.17) is 9.51 Å². The van der Waals surface area contributed by atoms with E-state index in [-0.39, 0.29) is 0 Å². The quantitative estimate of drug-likeness (QED) is 0.932. The number of fused-ring (bicyclic) bond motifs is 3. The van der Waals surface area contributed by atoms with Gasteiger partial charge in [-0.15, -0.1) is 0 Å². The molecule has 2 bridgehead atoms. The number of piperidine rings is 1. The zero-order chi connectivity index (χ0) is 16.1. The van der Waals surface area contributed by atoms with Crippen molar-refractivity contribution in [3.05, 3.63) is 28.9 Å². The summed E-state index contributed by atoms with van der Waals surface area (Å²) in [6.07, 6.45) is 7.04. The third-order valence-corrected chi connectivity index (χ3v) is 5.89. The summed E-state index contributed by atoms with van der Waals surface area (Å²) in [5, 5.41) is 7.68. The monoisotopic (exact) mass is 325 g/mol. The average Bonchev–Trinajstić information content (AvgIpc) is 3.32. The van der Waals surface area contributed by atoms with Crippen LogP contribution in [0.3, 0.4) is 0 Å². The van der Waals surface area contributed by atoms with Gasteiger partial charge in [-0.05, 0) is 56.2 Å². The highest BCUT2D eigenvalue weighted by Gasteiger charge is 2.38. The number of nitrogens with one attached hydrogen (secondary N) is 1. The van der Waals surface area contributed by atoms with Crippen LogP contribution in [0.15, 0.2) is 10.7 Å². The van der Waals surface area contributed by atoms with Gasteiger partial charge in [-0.25, -0.2) is 0 Å². The highest BCUT2D eigenvalue weighted by Crippen LogP contribution is 2.38. The Hall–Kier alpha value is -1.79. The van der Waals surface area contributed by atoms with Gasteiger partial charge in [0.25, 0.3) is 0 Å². The second-order valence-corrected chi connectivity index (χ2v) is 7.42.